The van der Waals surface area contributed by atoms with E-state index in [1.165, 1.54) is 17.6 Å². The molecule has 0 heteroatoms. The van der Waals surface area contributed by atoms with E-state index < -0.39 is 0 Å². The van der Waals surface area contributed by atoms with Gasteiger partial charge in [0, 0.05) is 0 Å². The molecule has 0 N–H and O–H groups in total. The summed E-state index contributed by atoms with van der Waals surface area (Å²) in [7, 11) is 0. The van der Waals surface area contributed by atoms with Crippen molar-refractivity contribution in [1.82, 2.24) is 0 Å². The first kappa shape index (κ1) is 6.21. The van der Waals surface area contributed by atoms with Gasteiger partial charge in [-0.05, 0) is 39.0 Å². The first-order valence-corrected chi connectivity index (χ1v) is 3.92. The summed E-state index contributed by atoms with van der Waals surface area (Å²) in [4.78, 5) is 0. The molecule has 56 valence electrons. The van der Waals surface area contributed by atoms with Crippen LogP contribution in [0, 0.1) is 5.92 Å². The largest absolute Gasteiger partial charge is 0.0998 e. The molecule has 0 aromatic carbocycles. The van der Waals surface area contributed by atoms with Gasteiger partial charge in [-0.2, -0.15) is 0 Å². The van der Waals surface area contributed by atoms with Crippen LogP contribution in [0.3, 0.4) is 0 Å². The van der Waals surface area contributed by atoms with Crippen LogP contribution in [0.1, 0.15) is 34.5 Å². The lowest BCUT2D eigenvalue weighted by Crippen LogP contribution is -2.04. The quantitative estimate of drug-likeness (QED) is 0.486. The average Bonchev–Trinajstić information content (AvgIpc) is 1.94. The number of rotatable bonds is 1. The van der Waals surface area contributed by atoms with Crippen LogP contribution >= 0.6 is 0 Å². The third-order valence-corrected chi connectivity index (χ3v) is 2.21. The van der Waals surface area contributed by atoms with E-state index >= 15 is 0 Å². The SMILES string of the molecule is [2H]C1=C(C)CC[C@@H](C(=C)C)C1. The van der Waals surface area contributed by atoms with Crippen molar-refractivity contribution in [3.05, 3.63) is 23.8 Å². The standard InChI is InChI=1S/C10H16/c1-8(2)10-6-4-9(3)5-7-10/h4,10H,1,5-7H2,2-3H3/t10-/m0/s1/i4D. The lowest BCUT2D eigenvalue weighted by atomic mass is 9.86. The fourth-order valence-corrected chi connectivity index (χ4v) is 1.30. The van der Waals surface area contributed by atoms with Crippen molar-refractivity contribution in [2.24, 2.45) is 5.92 Å². The summed E-state index contributed by atoms with van der Waals surface area (Å²) in [5, 5.41) is 0. The molecule has 0 nitrogen and oxygen atoms in total. The van der Waals surface area contributed by atoms with Gasteiger partial charge in [-0.3, -0.25) is 0 Å². The smallest absolute Gasteiger partial charge is 0.0575 e. The van der Waals surface area contributed by atoms with Gasteiger partial charge in [-0.1, -0.05) is 23.8 Å². The van der Waals surface area contributed by atoms with E-state index in [1.54, 1.807) is 0 Å². The molecule has 0 radical (unpaired) electrons. The van der Waals surface area contributed by atoms with Gasteiger partial charge >= 0.3 is 0 Å². The Bertz CT molecular complexity index is 201. The Labute approximate surface area is 65.0 Å². The molecule has 0 fully saturated rings. The molecule has 0 saturated carbocycles. The zero-order chi connectivity index (χ0) is 8.43. The van der Waals surface area contributed by atoms with Gasteiger partial charge in [0.15, 0.2) is 0 Å². The van der Waals surface area contributed by atoms with Crippen LogP contribution in [-0.4, -0.2) is 0 Å². The summed E-state index contributed by atoms with van der Waals surface area (Å²) in [5.41, 5.74) is 2.50. The molecule has 0 aromatic heterocycles. The Balaban J connectivity index is 2.64. The fourth-order valence-electron chi connectivity index (χ4n) is 1.30. The maximum absolute atomic E-state index is 7.64. The minimum absolute atomic E-state index is 0.575. The van der Waals surface area contributed by atoms with Crippen molar-refractivity contribution in [2.45, 2.75) is 33.1 Å². The Kier molecular flexibility index (Phi) is 1.89. The van der Waals surface area contributed by atoms with E-state index in [4.69, 9.17) is 1.37 Å². The lowest BCUT2D eigenvalue weighted by molar-refractivity contribution is 0.540. The van der Waals surface area contributed by atoms with Gasteiger partial charge in [0.2, 0.25) is 0 Å². The molecule has 0 spiro atoms. The molecule has 1 aliphatic carbocycles. The highest BCUT2D eigenvalue weighted by molar-refractivity contribution is 5.09. The fraction of sp³-hybridized carbons (Fsp3) is 0.600. The van der Waals surface area contributed by atoms with Crippen LogP contribution in [0.4, 0.5) is 0 Å². The highest BCUT2D eigenvalue weighted by Gasteiger charge is 2.11. The van der Waals surface area contributed by atoms with Crippen molar-refractivity contribution < 1.29 is 1.37 Å². The Morgan fingerprint density at radius 3 is 3.10 bits per heavy atom. The highest BCUT2D eigenvalue weighted by atomic mass is 14.2. The summed E-state index contributed by atoms with van der Waals surface area (Å²) >= 11 is 0. The second-order valence-electron chi connectivity index (χ2n) is 3.24. The van der Waals surface area contributed by atoms with Crippen LogP contribution in [0.5, 0.6) is 0 Å². The van der Waals surface area contributed by atoms with Gasteiger partial charge < -0.3 is 0 Å². The van der Waals surface area contributed by atoms with Crippen LogP contribution in [-0.2, 0) is 0 Å². The van der Waals surface area contributed by atoms with Crippen molar-refractivity contribution in [3.8, 4) is 0 Å². The molecule has 1 atom stereocenters. The molecule has 10 heavy (non-hydrogen) atoms. The zero-order valence-corrected chi connectivity index (χ0v) is 6.91. The minimum atomic E-state index is 0.575. The Hall–Kier alpha value is -0.520. The maximum Gasteiger partial charge on any atom is 0.0575 e. The van der Waals surface area contributed by atoms with Crippen molar-refractivity contribution in [2.75, 3.05) is 0 Å². The normalized spacial score (nSPS) is 28.2. The maximum atomic E-state index is 7.64. The third-order valence-electron chi connectivity index (χ3n) is 2.21. The number of hydrogen-bond acceptors (Lipinski definition) is 0. The van der Waals surface area contributed by atoms with Crippen LogP contribution in [0.2, 0.25) is 0 Å². The summed E-state index contributed by atoms with van der Waals surface area (Å²) in [6, 6.07) is 0.837. The summed E-state index contributed by atoms with van der Waals surface area (Å²) in [5.74, 6) is 0.575. The molecular weight excluding hydrogens is 120 g/mol. The third kappa shape index (κ3) is 1.73. The topological polar surface area (TPSA) is 0 Å². The lowest BCUT2D eigenvalue weighted by Gasteiger charge is -2.19. The first-order valence-electron chi connectivity index (χ1n) is 4.42. The molecule has 1 rings (SSSR count). The summed E-state index contributed by atoms with van der Waals surface area (Å²) < 4.78 is 7.64. The van der Waals surface area contributed by atoms with E-state index in [2.05, 4.69) is 20.4 Å². The van der Waals surface area contributed by atoms with Gasteiger partial charge in [-0.25, -0.2) is 0 Å². The molecule has 0 amide bonds. The zero-order valence-electron chi connectivity index (χ0n) is 7.91. The number of hydrogen-bond donors (Lipinski definition) is 0. The second kappa shape index (κ2) is 3.05. The molecule has 0 aliphatic heterocycles. The average molecular weight is 137 g/mol. The Morgan fingerprint density at radius 1 is 1.90 bits per heavy atom. The highest BCUT2D eigenvalue weighted by Crippen LogP contribution is 2.27. The van der Waals surface area contributed by atoms with Gasteiger partial charge in [0.25, 0.3) is 0 Å². The van der Waals surface area contributed by atoms with Crippen molar-refractivity contribution >= 4 is 0 Å². The van der Waals surface area contributed by atoms with E-state index in [0.29, 0.717) is 5.92 Å². The summed E-state index contributed by atoms with van der Waals surface area (Å²) in [6.07, 6.45) is 3.21. The predicted molar refractivity (Wildman–Crippen MR) is 45.9 cm³/mol. The second-order valence-corrected chi connectivity index (χ2v) is 3.24. The molecular formula is C10H16. The molecule has 0 saturated heterocycles. The van der Waals surface area contributed by atoms with Crippen LogP contribution < -0.4 is 0 Å². The molecule has 0 unspecified atom stereocenters. The molecule has 0 heterocycles. The molecule has 0 bridgehead atoms. The monoisotopic (exact) mass is 137 g/mol. The van der Waals surface area contributed by atoms with Crippen LogP contribution in [0.15, 0.2) is 23.8 Å². The van der Waals surface area contributed by atoms with Gasteiger partial charge in [-0.15, -0.1) is 0 Å². The van der Waals surface area contributed by atoms with Gasteiger partial charge in [0.05, 0.1) is 1.37 Å². The van der Waals surface area contributed by atoms with Crippen LogP contribution in [0.25, 0.3) is 0 Å². The van der Waals surface area contributed by atoms with Crippen molar-refractivity contribution in [1.29, 1.82) is 0 Å². The first-order chi connectivity index (χ1) is 5.11. The van der Waals surface area contributed by atoms with E-state index in [9.17, 15) is 0 Å². The predicted octanol–water partition coefficient (Wildman–Crippen LogP) is 3.31. The minimum Gasteiger partial charge on any atom is -0.0998 e. The molecule has 0 aromatic rings. The van der Waals surface area contributed by atoms with Gasteiger partial charge in [0.1, 0.15) is 0 Å². The molecule has 1 aliphatic rings. The van der Waals surface area contributed by atoms with E-state index in [-0.39, 0.29) is 0 Å². The van der Waals surface area contributed by atoms with E-state index in [1.807, 2.05) is 0 Å². The number of allylic oxidation sites excluding steroid dienone is 3. The summed E-state index contributed by atoms with van der Waals surface area (Å²) in [6.45, 7) is 8.07. The Morgan fingerprint density at radius 2 is 2.60 bits per heavy atom. The van der Waals surface area contributed by atoms with E-state index in [0.717, 1.165) is 18.9 Å². The van der Waals surface area contributed by atoms with Crippen molar-refractivity contribution in [3.63, 3.8) is 0 Å².